The molecule has 3 aromatic rings. The van der Waals surface area contributed by atoms with Crippen molar-refractivity contribution in [3.05, 3.63) is 28.7 Å². The summed E-state index contributed by atoms with van der Waals surface area (Å²) in [6.07, 6.45) is 4.53. The van der Waals surface area contributed by atoms with E-state index in [9.17, 15) is 4.79 Å². The highest BCUT2D eigenvalue weighted by Gasteiger charge is 2.13. The molecule has 0 spiro atoms. The number of thiazole rings is 1. The second-order valence-electron chi connectivity index (χ2n) is 3.85. The van der Waals surface area contributed by atoms with E-state index in [4.69, 9.17) is 0 Å². The predicted molar refractivity (Wildman–Crippen MR) is 65.5 cm³/mol. The first kappa shape index (κ1) is 10.2. The molecule has 17 heavy (non-hydrogen) atoms. The molecule has 3 heterocycles. The lowest BCUT2D eigenvalue weighted by Gasteiger charge is -1.92. The summed E-state index contributed by atoms with van der Waals surface area (Å²) in [5, 5.41) is 0. The zero-order valence-electron chi connectivity index (χ0n) is 9.39. The molecule has 5 nitrogen and oxygen atoms in total. The molecule has 0 aliphatic heterocycles. The third kappa shape index (κ3) is 1.49. The van der Waals surface area contributed by atoms with Gasteiger partial charge in [-0.2, -0.15) is 0 Å². The minimum atomic E-state index is 0.446. The van der Waals surface area contributed by atoms with Crippen molar-refractivity contribution in [3.63, 3.8) is 0 Å². The van der Waals surface area contributed by atoms with Gasteiger partial charge >= 0.3 is 0 Å². The van der Waals surface area contributed by atoms with Gasteiger partial charge in [-0.25, -0.2) is 9.97 Å². The van der Waals surface area contributed by atoms with Crippen molar-refractivity contribution in [2.24, 2.45) is 0 Å². The first-order valence-corrected chi connectivity index (χ1v) is 5.96. The molecule has 6 heteroatoms. The molecule has 0 fully saturated rings. The summed E-state index contributed by atoms with van der Waals surface area (Å²) >= 11 is 1.63. The lowest BCUT2D eigenvalue weighted by atomic mass is 10.4. The van der Waals surface area contributed by atoms with Crippen molar-refractivity contribution in [3.8, 4) is 11.5 Å². The molecule has 0 saturated carbocycles. The van der Waals surface area contributed by atoms with Crippen LogP contribution in [-0.2, 0) is 0 Å². The molecule has 86 valence electrons. The topological polar surface area (TPSA) is 63.1 Å². The maximum atomic E-state index is 10.8. The lowest BCUT2D eigenvalue weighted by Crippen LogP contribution is -1.86. The molecule has 0 saturated heterocycles. The number of carbonyl (C=O) groups is 1. The average molecular weight is 246 g/mol. The highest BCUT2D eigenvalue weighted by atomic mass is 32.1. The van der Waals surface area contributed by atoms with Crippen LogP contribution in [0.3, 0.4) is 0 Å². The number of imidazole rings is 2. The molecule has 3 aromatic heterocycles. The van der Waals surface area contributed by atoms with Crippen LogP contribution in [0.15, 0.2) is 12.4 Å². The molecule has 3 rings (SSSR count). The Morgan fingerprint density at radius 3 is 3.00 bits per heavy atom. The Morgan fingerprint density at radius 1 is 1.47 bits per heavy atom. The van der Waals surface area contributed by atoms with Crippen LogP contribution in [0.25, 0.3) is 16.5 Å². The molecular formula is C11H10N4OS. The Labute approximate surface area is 101 Å². The molecule has 0 bridgehead atoms. The number of nitrogens with zero attached hydrogens (tertiary/aromatic N) is 3. The van der Waals surface area contributed by atoms with E-state index in [1.165, 1.54) is 4.88 Å². The van der Waals surface area contributed by atoms with Crippen LogP contribution in [0.1, 0.15) is 21.1 Å². The standard InChI is InChI=1S/C11H10N4OS/c1-6-4-15-9(3-12-11(15)17-6)10-13-7(2)8(5-16)14-10/h3-5H,1-2H3,(H,13,14). The van der Waals surface area contributed by atoms with Crippen molar-refractivity contribution < 1.29 is 4.79 Å². The van der Waals surface area contributed by atoms with Crippen molar-refractivity contribution in [1.29, 1.82) is 0 Å². The molecule has 0 unspecified atom stereocenters. The summed E-state index contributed by atoms with van der Waals surface area (Å²) in [5.41, 5.74) is 2.10. The van der Waals surface area contributed by atoms with Gasteiger partial charge in [0.2, 0.25) is 0 Å². The highest BCUT2D eigenvalue weighted by molar-refractivity contribution is 7.17. The van der Waals surface area contributed by atoms with Crippen LogP contribution < -0.4 is 0 Å². The maximum Gasteiger partial charge on any atom is 0.194 e. The number of fused-ring (bicyclic) bond motifs is 1. The third-order valence-electron chi connectivity index (χ3n) is 2.60. The van der Waals surface area contributed by atoms with Crippen LogP contribution in [0.5, 0.6) is 0 Å². The number of H-pyrrole nitrogens is 1. The second-order valence-corrected chi connectivity index (χ2v) is 5.06. The smallest absolute Gasteiger partial charge is 0.194 e. The van der Waals surface area contributed by atoms with Crippen LogP contribution >= 0.6 is 11.3 Å². The number of aromatic amines is 1. The van der Waals surface area contributed by atoms with E-state index in [1.54, 1.807) is 17.5 Å². The lowest BCUT2D eigenvalue weighted by molar-refractivity contribution is 0.111. The molecule has 0 atom stereocenters. The third-order valence-corrected chi connectivity index (χ3v) is 3.51. The van der Waals surface area contributed by atoms with Crippen molar-refractivity contribution in [2.75, 3.05) is 0 Å². The fourth-order valence-corrected chi connectivity index (χ4v) is 2.58. The van der Waals surface area contributed by atoms with E-state index in [1.807, 2.05) is 24.4 Å². The van der Waals surface area contributed by atoms with Gasteiger partial charge in [0.15, 0.2) is 17.1 Å². The van der Waals surface area contributed by atoms with E-state index in [2.05, 4.69) is 15.0 Å². The van der Waals surface area contributed by atoms with Gasteiger partial charge in [0.05, 0.1) is 6.20 Å². The fraction of sp³-hybridized carbons (Fsp3) is 0.182. The fourth-order valence-electron chi connectivity index (χ4n) is 1.78. The molecule has 0 aliphatic carbocycles. The molecule has 0 aromatic carbocycles. The number of carbonyl (C=O) groups excluding carboxylic acids is 1. The van der Waals surface area contributed by atoms with Gasteiger partial charge < -0.3 is 4.98 Å². The number of rotatable bonds is 2. The first-order chi connectivity index (χ1) is 8.19. The first-order valence-electron chi connectivity index (χ1n) is 5.14. The van der Waals surface area contributed by atoms with Crippen molar-refractivity contribution in [1.82, 2.24) is 19.4 Å². The summed E-state index contributed by atoms with van der Waals surface area (Å²) in [5.74, 6) is 0.676. The van der Waals surface area contributed by atoms with Crippen molar-refractivity contribution in [2.45, 2.75) is 13.8 Å². The van der Waals surface area contributed by atoms with Crippen molar-refractivity contribution >= 4 is 22.6 Å². The van der Waals surface area contributed by atoms with E-state index in [0.29, 0.717) is 11.5 Å². The predicted octanol–water partition coefficient (Wildman–Crippen LogP) is 2.22. The summed E-state index contributed by atoms with van der Waals surface area (Å²) in [6, 6.07) is 0. The maximum absolute atomic E-state index is 10.8. The zero-order chi connectivity index (χ0) is 12.0. The molecule has 0 radical (unpaired) electrons. The van der Waals surface area contributed by atoms with E-state index in [-0.39, 0.29) is 0 Å². The second kappa shape index (κ2) is 3.53. The van der Waals surface area contributed by atoms with Gasteiger partial charge in [-0.05, 0) is 13.8 Å². The van der Waals surface area contributed by atoms with Gasteiger partial charge in [0.1, 0.15) is 11.4 Å². The summed E-state index contributed by atoms with van der Waals surface area (Å²) in [7, 11) is 0. The van der Waals surface area contributed by atoms with Gasteiger partial charge in [-0.3, -0.25) is 9.20 Å². The Morgan fingerprint density at radius 2 is 2.29 bits per heavy atom. The van der Waals surface area contributed by atoms with E-state index < -0.39 is 0 Å². The Hall–Kier alpha value is -1.95. The molecule has 1 N–H and O–H groups in total. The minimum absolute atomic E-state index is 0.446. The normalized spacial score (nSPS) is 11.2. The van der Waals surface area contributed by atoms with Crippen LogP contribution in [0.2, 0.25) is 0 Å². The number of aldehydes is 1. The number of nitrogens with one attached hydrogen (secondary N) is 1. The zero-order valence-corrected chi connectivity index (χ0v) is 10.2. The molecular weight excluding hydrogens is 236 g/mol. The monoisotopic (exact) mass is 246 g/mol. The highest BCUT2D eigenvalue weighted by Crippen LogP contribution is 2.24. The minimum Gasteiger partial charge on any atom is -0.340 e. The van der Waals surface area contributed by atoms with E-state index >= 15 is 0 Å². The van der Waals surface area contributed by atoms with E-state index in [0.717, 1.165) is 22.6 Å². The van der Waals surface area contributed by atoms with Crippen LogP contribution in [-0.4, -0.2) is 25.6 Å². The van der Waals surface area contributed by atoms with Gasteiger partial charge in [-0.15, -0.1) is 11.3 Å². The van der Waals surface area contributed by atoms with Crippen LogP contribution in [0.4, 0.5) is 0 Å². The van der Waals surface area contributed by atoms with Crippen LogP contribution in [0, 0.1) is 13.8 Å². The molecule has 0 amide bonds. The number of aromatic nitrogens is 4. The largest absolute Gasteiger partial charge is 0.340 e. The SMILES string of the molecule is Cc1cn2c(-c3nc(C=O)c(C)[nH]3)cnc2s1. The molecule has 0 aliphatic rings. The average Bonchev–Trinajstić information content (AvgIpc) is 2.91. The Balaban J connectivity index is 2.22. The summed E-state index contributed by atoms with van der Waals surface area (Å²) in [4.78, 5) is 24.6. The summed E-state index contributed by atoms with van der Waals surface area (Å²) in [6.45, 7) is 3.87. The number of hydrogen-bond donors (Lipinski definition) is 1. The summed E-state index contributed by atoms with van der Waals surface area (Å²) < 4.78 is 1.98. The van der Waals surface area contributed by atoms with Gasteiger partial charge in [0, 0.05) is 16.8 Å². The van der Waals surface area contributed by atoms with Gasteiger partial charge in [0.25, 0.3) is 0 Å². The Bertz CT molecular complexity index is 706. The number of aryl methyl sites for hydroxylation is 2. The van der Waals surface area contributed by atoms with Gasteiger partial charge in [-0.1, -0.05) is 0 Å². The quantitative estimate of drug-likeness (QED) is 0.705. The number of hydrogen-bond acceptors (Lipinski definition) is 4. The Kier molecular flexibility index (Phi) is 2.12.